The Bertz CT molecular complexity index is 1100. The molecule has 0 aromatic carbocycles. The van der Waals surface area contributed by atoms with Crippen LogP contribution in [-0.2, 0) is 10.0 Å². The SMILES string of the molecule is Cc1nc(C)c(S(=O)(=O)N2CCC(c3cn4ncnc4cc3C)CC2C)s1. The average Bonchev–Trinajstić information content (AvgIpc) is 3.19. The zero-order chi connectivity index (χ0) is 19.3. The molecule has 1 saturated heterocycles. The molecular weight excluding hydrogens is 382 g/mol. The maximum absolute atomic E-state index is 13.2. The standard InChI is InChI=1S/C18H23N5O2S2/c1-11-7-17-19-10-20-22(17)9-16(11)15-5-6-23(12(2)8-15)27(24,25)18-13(3)21-14(4)26-18/h7,9-10,12,15H,5-6,8H2,1-4H3. The van der Waals surface area contributed by atoms with Crippen LogP contribution in [0, 0.1) is 20.8 Å². The second kappa shape index (κ2) is 6.65. The molecule has 7 nitrogen and oxygen atoms in total. The predicted molar refractivity (Wildman–Crippen MR) is 105 cm³/mol. The van der Waals surface area contributed by atoms with Crippen molar-refractivity contribution >= 4 is 27.0 Å². The van der Waals surface area contributed by atoms with Gasteiger partial charge in [0, 0.05) is 18.8 Å². The van der Waals surface area contributed by atoms with Gasteiger partial charge in [-0.15, -0.1) is 11.3 Å². The highest BCUT2D eigenvalue weighted by Gasteiger charge is 2.37. The molecule has 27 heavy (non-hydrogen) atoms. The molecule has 1 fully saturated rings. The largest absolute Gasteiger partial charge is 0.254 e. The minimum atomic E-state index is -3.50. The molecule has 0 N–H and O–H groups in total. The van der Waals surface area contributed by atoms with Crippen molar-refractivity contribution < 1.29 is 8.42 Å². The Morgan fingerprint density at radius 3 is 2.70 bits per heavy atom. The van der Waals surface area contributed by atoms with E-state index >= 15 is 0 Å². The summed E-state index contributed by atoms with van der Waals surface area (Å²) in [5.41, 5.74) is 3.83. The summed E-state index contributed by atoms with van der Waals surface area (Å²) < 4.78 is 30.1. The fourth-order valence-corrected chi connectivity index (χ4v) is 7.30. The minimum absolute atomic E-state index is 0.0681. The third-order valence-electron chi connectivity index (χ3n) is 5.32. The van der Waals surface area contributed by atoms with Crippen molar-refractivity contribution in [3.05, 3.63) is 40.4 Å². The minimum Gasteiger partial charge on any atom is -0.245 e. The highest BCUT2D eigenvalue weighted by atomic mass is 32.2. The van der Waals surface area contributed by atoms with Gasteiger partial charge in [0.25, 0.3) is 10.0 Å². The summed E-state index contributed by atoms with van der Waals surface area (Å²) in [6.07, 6.45) is 5.17. The van der Waals surface area contributed by atoms with E-state index in [1.54, 1.807) is 22.1 Å². The van der Waals surface area contributed by atoms with Gasteiger partial charge in [0.1, 0.15) is 6.33 Å². The lowest BCUT2D eigenvalue weighted by Crippen LogP contribution is -2.44. The molecule has 1 aliphatic heterocycles. The fraction of sp³-hybridized carbons (Fsp3) is 0.500. The lowest BCUT2D eigenvalue weighted by molar-refractivity contribution is 0.246. The first-order valence-corrected chi connectivity index (χ1v) is 11.3. The number of aryl methyl sites for hydroxylation is 3. The molecule has 144 valence electrons. The first kappa shape index (κ1) is 18.5. The first-order chi connectivity index (χ1) is 12.8. The zero-order valence-corrected chi connectivity index (χ0v) is 17.5. The van der Waals surface area contributed by atoms with E-state index in [1.165, 1.54) is 22.5 Å². The Morgan fingerprint density at radius 1 is 1.26 bits per heavy atom. The van der Waals surface area contributed by atoms with Gasteiger partial charge in [-0.25, -0.2) is 22.9 Å². The number of nitrogens with zero attached hydrogens (tertiary/aromatic N) is 5. The van der Waals surface area contributed by atoms with Crippen molar-refractivity contribution in [1.82, 2.24) is 23.9 Å². The van der Waals surface area contributed by atoms with Crippen LogP contribution in [0.25, 0.3) is 5.65 Å². The maximum atomic E-state index is 13.2. The molecule has 2 atom stereocenters. The van der Waals surface area contributed by atoms with Gasteiger partial charge in [-0.3, -0.25) is 0 Å². The number of pyridine rings is 1. The number of rotatable bonds is 3. The highest BCUT2D eigenvalue weighted by Crippen LogP contribution is 2.37. The van der Waals surface area contributed by atoms with Crippen LogP contribution < -0.4 is 0 Å². The quantitative estimate of drug-likeness (QED) is 0.669. The molecule has 3 aromatic heterocycles. The normalized spacial score (nSPS) is 21.8. The van der Waals surface area contributed by atoms with Crippen LogP contribution in [0.1, 0.15) is 47.5 Å². The number of hydrogen-bond donors (Lipinski definition) is 0. The first-order valence-electron chi connectivity index (χ1n) is 9.03. The van der Waals surface area contributed by atoms with E-state index in [4.69, 9.17) is 0 Å². The number of sulfonamides is 1. The van der Waals surface area contributed by atoms with Crippen LogP contribution in [0.15, 0.2) is 22.8 Å². The van der Waals surface area contributed by atoms with E-state index in [0.717, 1.165) is 23.5 Å². The van der Waals surface area contributed by atoms with E-state index in [0.29, 0.717) is 22.4 Å². The van der Waals surface area contributed by atoms with Crippen molar-refractivity contribution in [2.45, 2.75) is 56.7 Å². The molecule has 0 radical (unpaired) electrons. The van der Waals surface area contributed by atoms with E-state index in [9.17, 15) is 8.42 Å². The van der Waals surface area contributed by atoms with E-state index in [2.05, 4.69) is 22.0 Å². The van der Waals surface area contributed by atoms with Crippen LogP contribution in [0.3, 0.4) is 0 Å². The molecule has 0 bridgehead atoms. The van der Waals surface area contributed by atoms with Crippen molar-refractivity contribution in [2.75, 3.05) is 6.54 Å². The zero-order valence-electron chi connectivity index (χ0n) is 15.9. The maximum Gasteiger partial charge on any atom is 0.254 e. The topological polar surface area (TPSA) is 80.5 Å². The Balaban J connectivity index is 1.60. The molecule has 0 amide bonds. The van der Waals surface area contributed by atoms with Gasteiger partial charge >= 0.3 is 0 Å². The van der Waals surface area contributed by atoms with Crippen LogP contribution in [0.4, 0.5) is 0 Å². The Morgan fingerprint density at radius 2 is 2.04 bits per heavy atom. The third kappa shape index (κ3) is 3.17. The summed E-state index contributed by atoms with van der Waals surface area (Å²) in [6.45, 7) is 8.21. The summed E-state index contributed by atoms with van der Waals surface area (Å²) in [7, 11) is -3.50. The van der Waals surface area contributed by atoms with Gasteiger partial charge in [0.05, 0.1) is 10.7 Å². The van der Waals surface area contributed by atoms with E-state index in [-0.39, 0.29) is 6.04 Å². The highest BCUT2D eigenvalue weighted by molar-refractivity contribution is 7.91. The van der Waals surface area contributed by atoms with Gasteiger partial charge in [-0.2, -0.15) is 9.40 Å². The van der Waals surface area contributed by atoms with E-state index < -0.39 is 10.0 Å². The van der Waals surface area contributed by atoms with Gasteiger partial charge in [0.15, 0.2) is 9.86 Å². The number of hydrogen-bond acceptors (Lipinski definition) is 6. The van der Waals surface area contributed by atoms with Gasteiger partial charge in [-0.1, -0.05) is 0 Å². The van der Waals surface area contributed by atoms with Crippen molar-refractivity contribution in [1.29, 1.82) is 0 Å². The summed E-state index contributed by atoms with van der Waals surface area (Å²) >= 11 is 1.26. The number of fused-ring (bicyclic) bond motifs is 1. The number of thiazole rings is 1. The fourth-order valence-electron chi connectivity index (χ4n) is 4.05. The molecule has 9 heteroatoms. The lowest BCUT2D eigenvalue weighted by Gasteiger charge is -2.37. The monoisotopic (exact) mass is 405 g/mol. The summed E-state index contributed by atoms with van der Waals surface area (Å²) in [6, 6.07) is 1.97. The molecule has 0 aliphatic carbocycles. The van der Waals surface area contributed by atoms with Crippen molar-refractivity contribution in [2.24, 2.45) is 0 Å². The number of piperidine rings is 1. The van der Waals surface area contributed by atoms with Gasteiger partial charge in [-0.05, 0) is 63.6 Å². The molecular formula is C18H23N5O2S2. The molecule has 4 heterocycles. The van der Waals surface area contributed by atoms with Crippen LogP contribution in [-0.4, -0.2) is 44.9 Å². The smallest absolute Gasteiger partial charge is 0.245 e. The van der Waals surface area contributed by atoms with Gasteiger partial charge < -0.3 is 0 Å². The Hall–Kier alpha value is -1.84. The Kier molecular flexibility index (Phi) is 4.56. The summed E-state index contributed by atoms with van der Waals surface area (Å²) in [5.74, 6) is 0.310. The molecule has 1 aliphatic rings. The molecule has 0 saturated carbocycles. The van der Waals surface area contributed by atoms with Gasteiger partial charge in [0.2, 0.25) is 0 Å². The van der Waals surface area contributed by atoms with Crippen molar-refractivity contribution in [3.8, 4) is 0 Å². The van der Waals surface area contributed by atoms with Crippen LogP contribution in [0.2, 0.25) is 0 Å². The number of aromatic nitrogens is 4. The second-order valence-corrected chi connectivity index (χ2v) is 10.6. The molecule has 0 spiro atoms. The average molecular weight is 406 g/mol. The molecule has 3 aromatic rings. The lowest BCUT2D eigenvalue weighted by atomic mass is 9.86. The van der Waals surface area contributed by atoms with Crippen molar-refractivity contribution in [3.63, 3.8) is 0 Å². The molecule has 2 unspecified atom stereocenters. The van der Waals surface area contributed by atoms with Crippen LogP contribution >= 0.6 is 11.3 Å². The molecule has 4 rings (SSSR count). The third-order valence-corrected chi connectivity index (χ3v) is 9.00. The predicted octanol–water partition coefficient (Wildman–Crippen LogP) is 3.07. The summed E-state index contributed by atoms with van der Waals surface area (Å²) in [5, 5.41) is 5.02. The second-order valence-electron chi connectivity index (χ2n) is 7.27. The van der Waals surface area contributed by atoms with Crippen LogP contribution in [0.5, 0.6) is 0 Å². The van der Waals surface area contributed by atoms with E-state index in [1.807, 2.05) is 26.1 Å². The Labute approximate surface area is 163 Å². The summed E-state index contributed by atoms with van der Waals surface area (Å²) in [4.78, 5) is 8.52.